The first-order chi connectivity index (χ1) is 10.2. The van der Waals surface area contributed by atoms with Crippen LogP contribution in [0.25, 0.3) is 5.53 Å². The van der Waals surface area contributed by atoms with E-state index in [9.17, 15) is 4.79 Å². The van der Waals surface area contributed by atoms with Crippen LogP contribution >= 0.6 is 11.8 Å². The zero-order chi connectivity index (χ0) is 14.8. The molecule has 0 saturated carbocycles. The minimum absolute atomic E-state index is 0.138. The van der Waals surface area contributed by atoms with Gasteiger partial charge in [0, 0.05) is 10.5 Å². The Morgan fingerprint density at radius 2 is 2.38 bits per heavy atom. The number of methoxy groups -OCH3 is 1. The summed E-state index contributed by atoms with van der Waals surface area (Å²) >= 11 is 1.72. The van der Waals surface area contributed by atoms with Crippen LogP contribution in [0.3, 0.4) is 0 Å². The first-order valence-electron chi connectivity index (χ1n) is 6.64. The van der Waals surface area contributed by atoms with Gasteiger partial charge in [0.15, 0.2) is 0 Å². The minimum atomic E-state index is -0.354. The topological polar surface area (TPSA) is 71.9 Å². The molecule has 108 valence electrons. The Labute approximate surface area is 126 Å². The first-order valence-corrected chi connectivity index (χ1v) is 7.52. The number of thioether (sulfide) groups is 1. The molecular formula is C15H14N2O3S. The van der Waals surface area contributed by atoms with Crippen LogP contribution in [0, 0.1) is 0 Å². The predicted octanol–water partition coefficient (Wildman–Crippen LogP) is 2.74. The molecule has 3 rings (SSSR count). The highest BCUT2D eigenvalue weighted by Crippen LogP contribution is 2.41. The summed E-state index contributed by atoms with van der Waals surface area (Å²) in [7, 11) is 1.37. The Morgan fingerprint density at radius 1 is 1.52 bits per heavy atom. The molecule has 0 aromatic heterocycles. The molecule has 0 radical (unpaired) electrons. The van der Waals surface area contributed by atoms with Crippen molar-refractivity contribution in [2.75, 3.05) is 7.11 Å². The van der Waals surface area contributed by atoms with Gasteiger partial charge in [0.1, 0.15) is 12.2 Å². The maximum absolute atomic E-state index is 11.6. The van der Waals surface area contributed by atoms with Crippen LogP contribution in [-0.2, 0) is 14.3 Å². The summed E-state index contributed by atoms with van der Waals surface area (Å²) in [4.78, 5) is 16.1. The second-order valence-corrected chi connectivity index (χ2v) is 6.15. The molecule has 0 fully saturated rings. The molecule has 0 saturated heterocycles. The predicted molar refractivity (Wildman–Crippen MR) is 79.3 cm³/mol. The normalized spacial score (nSPS) is 23.9. The molecule has 1 aliphatic heterocycles. The highest BCUT2D eigenvalue weighted by atomic mass is 32.2. The van der Waals surface area contributed by atoms with Gasteiger partial charge < -0.3 is 15.0 Å². The Kier molecular flexibility index (Phi) is 3.82. The van der Waals surface area contributed by atoms with Crippen molar-refractivity contribution in [3.05, 3.63) is 51.8 Å². The SMILES string of the molecule is COC(=O)C1=CC2=COC3=C(CCC(=[N+]=[N-])C3)SC2C=C1. The van der Waals surface area contributed by atoms with Crippen molar-refractivity contribution in [1.29, 1.82) is 0 Å². The lowest BCUT2D eigenvalue weighted by Crippen LogP contribution is -2.12. The fourth-order valence-electron chi connectivity index (χ4n) is 2.44. The summed E-state index contributed by atoms with van der Waals surface area (Å²) < 4.78 is 10.5. The average molecular weight is 302 g/mol. The van der Waals surface area contributed by atoms with E-state index in [0.29, 0.717) is 12.0 Å². The third kappa shape index (κ3) is 2.73. The summed E-state index contributed by atoms with van der Waals surface area (Å²) in [6, 6.07) is 0. The Hall–Kier alpha value is -2.04. The minimum Gasteiger partial charge on any atom is -0.468 e. The lowest BCUT2D eigenvalue weighted by Gasteiger charge is -2.18. The molecule has 1 atom stereocenters. The van der Waals surface area contributed by atoms with Gasteiger partial charge in [0.25, 0.3) is 5.71 Å². The van der Waals surface area contributed by atoms with E-state index >= 15 is 0 Å². The second-order valence-electron chi connectivity index (χ2n) is 4.91. The number of rotatable bonds is 1. The monoisotopic (exact) mass is 302 g/mol. The van der Waals surface area contributed by atoms with Crippen LogP contribution in [0.5, 0.6) is 0 Å². The van der Waals surface area contributed by atoms with Gasteiger partial charge in [0.2, 0.25) is 0 Å². The molecule has 2 aliphatic carbocycles. The number of hydrogen-bond donors (Lipinski definition) is 0. The highest BCUT2D eigenvalue weighted by molar-refractivity contribution is 8.04. The zero-order valence-corrected chi connectivity index (χ0v) is 12.4. The average Bonchev–Trinajstić information content (AvgIpc) is 2.71. The molecule has 5 nitrogen and oxygen atoms in total. The molecule has 3 aliphatic rings. The smallest absolute Gasteiger partial charge is 0.337 e. The van der Waals surface area contributed by atoms with E-state index in [-0.39, 0.29) is 11.2 Å². The molecule has 0 amide bonds. The number of ether oxygens (including phenoxy) is 2. The molecule has 0 bridgehead atoms. The standard InChI is InChI=1S/C15H14N2O3S/c1-19-15(18)9-2-4-13-10(6-9)8-20-12-7-11(17-16)3-5-14(12)21-13/h2,4,6,8,13H,3,5,7H2,1H3. The molecule has 0 aromatic carbocycles. The van der Waals surface area contributed by atoms with Gasteiger partial charge in [-0.05, 0) is 12.5 Å². The number of hydrogen-bond acceptors (Lipinski definition) is 4. The van der Waals surface area contributed by atoms with E-state index in [1.807, 2.05) is 6.08 Å². The highest BCUT2D eigenvalue weighted by Gasteiger charge is 2.30. The molecule has 21 heavy (non-hydrogen) atoms. The Morgan fingerprint density at radius 3 is 3.14 bits per heavy atom. The van der Waals surface area contributed by atoms with Crippen molar-refractivity contribution >= 4 is 23.4 Å². The van der Waals surface area contributed by atoms with Crippen molar-refractivity contribution in [2.24, 2.45) is 0 Å². The van der Waals surface area contributed by atoms with Crippen molar-refractivity contribution in [3.63, 3.8) is 0 Å². The Bertz CT molecular complexity index is 666. The maximum Gasteiger partial charge on any atom is 0.337 e. The van der Waals surface area contributed by atoms with Crippen molar-refractivity contribution in [1.82, 2.24) is 0 Å². The van der Waals surface area contributed by atoms with Crippen LogP contribution in [0.15, 0.2) is 46.3 Å². The van der Waals surface area contributed by atoms with Crippen LogP contribution in [0.1, 0.15) is 19.3 Å². The van der Waals surface area contributed by atoms with Crippen molar-refractivity contribution in [2.45, 2.75) is 24.5 Å². The van der Waals surface area contributed by atoms with Crippen LogP contribution in [-0.4, -0.2) is 28.8 Å². The van der Waals surface area contributed by atoms with Crippen LogP contribution in [0.4, 0.5) is 0 Å². The lowest BCUT2D eigenvalue weighted by molar-refractivity contribution is -0.135. The van der Waals surface area contributed by atoms with Gasteiger partial charge in [-0.2, -0.15) is 4.79 Å². The van der Waals surface area contributed by atoms with Crippen LogP contribution in [0.2, 0.25) is 0 Å². The van der Waals surface area contributed by atoms with Gasteiger partial charge in [-0.15, -0.1) is 11.8 Å². The molecule has 0 N–H and O–H groups in total. The first kappa shape index (κ1) is 13.9. The summed E-state index contributed by atoms with van der Waals surface area (Å²) in [6.45, 7) is 0. The molecule has 0 spiro atoms. The second kappa shape index (κ2) is 5.76. The van der Waals surface area contributed by atoms with E-state index in [1.165, 1.54) is 12.0 Å². The summed E-state index contributed by atoms with van der Waals surface area (Å²) in [5, 5.41) is 0.138. The fraction of sp³-hybridized carbons (Fsp3) is 0.333. The molecule has 6 heteroatoms. The van der Waals surface area contributed by atoms with E-state index < -0.39 is 0 Å². The largest absolute Gasteiger partial charge is 0.468 e. The van der Waals surface area contributed by atoms with Gasteiger partial charge in [-0.1, -0.05) is 12.2 Å². The lowest BCUT2D eigenvalue weighted by atomic mass is 10.0. The summed E-state index contributed by atoms with van der Waals surface area (Å²) in [5.41, 5.74) is 11.1. The summed E-state index contributed by atoms with van der Waals surface area (Å²) in [6.07, 6.45) is 9.34. The van der Waals surface area contributed by atoms with E-state index in [2.05, 4.69) is 4.79 Å². The Balaban J connectivity index is 1.86. The molecule has 1 unspecified atom stereocenters. The van der Waals surface area contributed by atoms with E-state index in [0.717, 1.165) is 29.9 Å². The van der Waals surface area contributed by atoms with Crippen LogP contribution < -0.4 is 0 Å². The van der Waals surface area contributed by atoms with Gasteiger partial charge in [0.05, 0.1) is 30.6 Å². The number of fused-ring (bicyclic) bond motifs is 1. The van der Waals surface area contributed by atoms with Gasteiger partial charge in [-0.3, -0.25) is 0 Å². The number of allylic oxidation sites excluding steroid dienone is 3. The third-order valence-electron chi connectivity index (χ3n) is 3.59. The van der Waals surface area contributed by atoms with Crippen molar-refractivity contribution in [3.8, 4) is 0 Å². The number of nitrogens with zero attached hydrogens (tertiary/aromatic N) is 2. The number of esters is 1. The molecular weight excluding hydrogens is 288 g/mol. The fourth-order valence-corrected chi connectivity index (χ4v) is 3.64. The van der Waals surface area contributed by atoms with Crippen molar-refractivity contribution < 1.29 is 19.1 Å². The van der Waals surface area contributed by atoms with E-state index in [4.69, 9.17) is 15.0 Å². The van der Waals surface area contributed by atoms with E-state index in [1.54, 1.807) is 30.2 Å². The zero-order valence-electron chi connectivity index (χ0n) is 11.5. The maximum atomic E-state index is 11.6. The molecule has 0 aromatic rings. The number of carbonyl (C=O) groups excluding carboxylic acids is 1. The van der Waals surface area contributed by atoms with Gasteiger partial charge in [-0.25, -0.2) is 4.79 Å². The van der Waals surface area contributed by atoms with Gasteiger partial charge >= 0.3 is 5.97 Å². The number of carbonyl (C=O) groups is 1. The third-order valence-corrected chi connectivity index (χ3v) is 4.99. The summed E-state index contributed by atoms with van der Waals surface area (Å²) in [5.74, 6) is 0.481. The quantitative estimate of drug-likeness (QED) is 0.424. The molecule has 1 heterocycles.